The normalized spacial score (nSPS) is 15.1. The van der Waals surface area contributed by atoms with Crippen LogP contribution in [0.3, 0.4) is 0 Å². The predicted molar refractivity (Wildman–Crippen MR) is 108 cm³/mol. The fourth-order valence-corrected chi connectivity index (χ4v) is 3.83. The van der Waals surface area contributed by atoms with Crippen LogP contribution in [0, 0.1) is 0 Å². The highest BCUT2D eigenvalue weighted by molar-refractivity contribution is 7.17. The van der Waals surface area contributed by atoms with Crippen molar-refractivity contribution in [3.8, 4) is 10.6 Å². The van der Waals surface area contributed by atoms with Gasteiger partial charge in [-0.05, 0) is 43.4 Å². The van der Waals surface area contributed by atoms with Crippen LogP contribution in [0.2, 0.25) is 0 Å². The minimum Gasteiger partial charge on any atom is -0.369 e. The van der Waals surface area contributed by atoms with E-state index >= 15 is 0 Å². The summed E-state index contributed by atoms with van der Waals surface area (Å²) in [6.07, 6.45) is 0. The van der Waals surface area contributed by atoms with E-state index in [1.165, 1.54) is 17.0 Å². The lowest BCUT2D eigenvalue weighted by Gasteiger charge is -2.34. The molecular formula is C19H21N5O2S. The number of thiophene rings is 1. The molecule has 1 saturated heterocycles. The molecule has 7 nitrogen and oxygen atoms in total. The molecule has 1 aliphatic heterocycles. The molecule has 0 atom stereocenters. The average molecular weight is 383 g/mol. The SMILES string of the molecule is CN1CCN(c2ccc(Nc3cc(-c4ccc(C(N)=O)s4)no3)cc2)CC1. The van der Waals surface area contributed by atoms with E-state index in [4.69, 9.17) is 10.3 Å². The van der Waals surface area contributed by atoms with Gasteiger partial charge in [0, 0.05) is 43.6 Å². The van der Waals surface area contributed by atoms with Crippen molar-refractivity contribution in [3.63, 3.8) is 0 Å². The topological polar surface area (TPSA) is 87.6 Å². The number of carbonyl (C=O) groups is 1. The van der Waals surface area contributed by atoms with Crippen LogP contribution < -0.4 is 16.0 Å². The van der Waals surface area contributed by atoms with Gasteiger partial charge in [-0.3, -0.25) is 4.79 Å². The van der Waals surface area contributed by atoms with Crippen LogP contribution in [0.25, 0.3) is 10.6 Å². The summed E-state index contributed by atoms with van der Waals surface area (Å²) >= 11 is 1.30. The van der Waals surface area contributed by atoms with E-state index in [0.29, 0.717) is 16.5 Å². The van der Waals surface area contributed by atoms with E-state index in [0.717, 1.165) is 36.7 Å². The van der Waals surface area contributed by atoms with Gasteiger partial charge in [0.05, 0.1) is 9.75 Å². The summed E-state index contributed by atoms with van der Waals surface area (Å²) in [5.74, 6) is 0.111. The zero-order valence-corrected chi connectivity index (χ0v) is 15.8. The van der Waals surface area contributed by atoms with Crippen LogP contribution in [-0.4, -0.2) is 49.2 Å². The van der Waals surface area contributed by atoms with Gasteiger partial charge < -0.3 is 25.4 Å². The first kappa shape index (κ1) is 17.6. The highest BCUT2D eigenvalue weighted by atomic mass is 32.1. The first-order valence-corrected chi connectivity index (χ1v) is 9.57. The molecule has 0 radical (unpaired) electrons. The molecule has 2 aromatic heterocycles. The van der Waals surface area contributed by atoms with Crippen LogP contribution in [0.4, 0.5) is 17.3 Å². The van der Waals surface area contributed by atoms with E-state index < -0.39 is 5.91 Å². The number of hydrogen-bond acceptors (Lipinski definition) is 7. The number of amides is 1. The molecule has 8 heteroatoms. The van der Waals surface area contributed by atoms with Gasteiger partial charge in [0.25, 0.3) is 5.91 Å². The third kappa shape index (κ3) is 3.96. The van der Waals surface area contributed by atoms with Gasteiger partial charge in [-0.25, -0.2) is 0 Å². The Bertz CT molecular complexity index is 926. The maximum absolute atomic E-state index is 11.2. The first-order valence-electron chi connectivity index (χ1n) is 8.76. The number of likely N-dealkylation sites (N-methyl/N-ethyl adjacent to an activating group) is 1. The van der Waals surface area contributed by atoms with E-state index in [9.17, 15) is 4.79 Å². The van der Waals surface area contributed by atoms with Crippen LogP contribution in [0.5, 0.6) is 0 Å². The molecule has 0 spiro atoms. The number of rotatable bonds is 5. The lowest BCUT2D eigenvalue weighted by atomic mass is 10.2. The van der Waals surface area contributed by atoms with Gasteiger partial charge >= 0.3 is 0 Å². The van der Waals surface area contributed by atoms with Crippen molar-refractivity contribution >= 4 is 34.5 Å². The Morgan fingerprint density at radius 2 is 1.89 bits per heavy atom. The molecular weight excluding hydrogens is 362 g/mol. The molecule has 0 bridgehead atoms. The summed E-state index contributed by atoms with van der Waals surface area (Å²) in [5, 5.41) is 7.28. The largest absolute Gasteiger partial charge is 0.369 e. The van der Waals surface area contributed by atoms with Crippen molar-refractivity contribution in [1.29, 1.82) is 0 Å². The molecule has 1 amide bonds. The molecule has 0 saturated carbocycles. The van der Waals surface area contributed by atoms with Crippen LogP contribution >= 0.6 is 11.3 Å². The minimum atomic E-state index is -0.437. The Labute approximate surface area is 161 Å². The fourth-order valence-electron chi connectivity index (χ4n) is 3.02. The highest BCUT2D eigenvalue weighted by Crippen LogP contribution is 2.30. The number of piperazine rings is 1. The molecule has 1 aliphatic rings. The second kappa shape index (κ2) is 7.42. The zero-order chi connectivity index (χ0) is 18.8. The lowest BCUT2D eigenvalue weighted by Crippen LogP contribution is -2.44. The van der Waals surface area contributed by atoms with E-state index in [2.05, 4.69) is 39.5 Å². The molecule has 1 fully saturated rings. The molecule has 0 aliphatic carbocycles. The molecule has 140 valence electrons. The number of anilines is 3. The van der Waals surface area contributed by atoms with Gasteiger partial charge in [0.2, 0.25) is 5.88 Å². The van der Waals surface area contributed by atoms with Crippen molar-refractivity contribution < 1.29 is 9.32 Å². The minimum absolute atomic E-state index is 0.437. The molecule has 1 aromatic carbocycles. The van der Waals surface area contributed by atoms with Crippen LogP contribution in [0.1, 0.15) is 9.67 Å². The van der Waals surface area contributed by atoms with Crippen LogP contribution in [-0.2, 0) is 0 Å². The van der Waals surface area contributed by atoms with Crippen molar-refractivity contribution in [2.45, 2.75) is 0 Å². The lowest BCUT2D eigenvalue weighted by molar-refractivity contribution is 0.100. The zero-order valence-electron chi connectivity index (χ0n) is 15.0. The van der Waals surface area contributed by atoms with E-state index in [1.54, 1.807) is 6.07 Å². The molecule has 4 rings (SSSR count). The summed E-state index contributed by atoms with van der Waals surface area (Å²) in [7, 11) is 2.15. The number of aromatic nitrogens is 1. The summed E-state index contributed by atoms with van der Waals surface area (Å²) < 4.78 is 5.36. The number of hydrogen-bond donors (Lipinski definition) is 2. The Balaban J connectivity index is 1.42. The van der Waals surface area contributed by atoms with Gasteiger partial charge in [-0.1, -0.05) is 5.16 Å². The van der Waals surface area contributed by atoms with Crippen molar-refractivity contribution in [3.05, 3.63) is 47.3 Å². The Kier molecular flexibility index (Phi) is 4.83. The number of nitrogens with one attached hydrogen (secondary N) is 1. The summed E-state index contributed by atoms with van der Waals surface area (Å²) in [4.78, 5) is 17.3. The quantitative estimate of drug-likeness (QED) is 0.704. The molecule has 27 heavy (non-hydrogen) atoms. The maximum atomic E-state index is 11.2. The smallest absolute Gasteiger partial charge is 0.258 e. The van der Waals surface area contributed by atoms with Gasteiger partial charge in [0.1, 0.15) is 5.69 Å². The van der Waals surface area contributed by atoms with Crippen LogP contribution in [0.15, 0.2) is 47.0 Å². The number of benzene rings is 1. The molecule has 3 heterocycles. The number of nitrogens with zero attached hydrogens (tertiary/aromatic N) is 3. The van der Waals surface area contributed by atoms with Gasteiger partial charge in [-0.2, -0.15) is 0 Å². The van der Waals surface area contributed by atoms with Crippen molar-refractivity contribution in [1.82, 2.24) is 10.1 Å². The number of nitrogens with two attached hydrogens (primary N) is 1. The van der Waals surface area contributed by atoms with Gasteiger partial charge in [0.15, 0.2) is 0 Å². The fraction of sp³-hybridized carbons (Fsp3) is 0.263. The van der Waals surface area contributed by atoms with Crippen molar-refractivity contribution in [2.24, 2.45) is 5.73 Å². The second-order valence-electron chi connectivity index (χ2n) is 6.57. The number of carbonyl (C=O) groups excluding carboxylic acids is 1. The summed E-state index contributed by atoms with van der Waals surface area (Å²) in [6.45, 7) is 4.26. The average Bonchev–Trinajstić information content (AvgIpc) is 3.32. The maximum Gasteiger partial charge on any atom is 0.258 e. The Morgan fingerprint density at radius 3 is 2.56 bits per heavy atom. The highest BCUT2D eigenvalue weighted by Gasteiger charge is 2.15. The third-order valence-electron chi connectivity index (χ3n) is 4.61. The summed E-state index contributed by atoms with van der Waals surface area (Å²) in [6, 6.07) is 13.6. The molecule has 3 aromatic rings. The first-order chi connectivity index (χ1) is 13.1. The Hall–Kier alpha value is -2.84. The Morgan fingerprint density at radius 1 is 1.15 bits per heavy atom. The second-order valence-corrected chi connectivity index (χ2v) is 7.65. The van der Waals surface area contributed by atoms with E-state index in [1.807, 2.05) is 24.3 Å². The third-order valence-corrected chi connectivity index (χ3v) is 5.74. The van der Waals surface area contributed by atoms with E-state index in [-0.39, 0.29) is 0 Å². The van der Waals surface area contributed by atoms with Gasteiger partial charge in [-0.15, -0.1) is 11.3 Å². The van der Waals surface area contributed by atoms with Crippen molar-refractivity contribution in [2.75, 3.05) is 43.4 Å². The predicted octanol–water partition coefficient (Wildman–Crippen LogP) is 3.00. The molecule has 0 unspecified atom stereocenters. The summed E-state index contributed by atoms with van der Waals surface area (Å²) in [5.41, 5.74) is 8.12. The monoisotopic (exact) mass is 383 g/mol. The standard InChI is InChI=1S/C19H21N5O2S/c1-23-8-10-24(11-9-23)14-4-2-13(3-5-14)21-18-12-15(22-26-18)16-6-7-17(27-16)19(20)25/h2-7,12,21H,8-11H2,1H3,(H2,20,25). The molecule has 3 N–H and O–H groups in total. The number of primary amides is 1.